The zero-order valence-electron chi connectivity index (χ0n) is 16.2. The van der Waals surface area contributed by atoms with Crippen LogP contribution in [0.2, 0.25) is 0 Å². The van der Waals surface area contributed by atoms with E-state index in [0.717, 1.165) is 47.2 Å². The van der Waals surface area contributed by atoms with Crippen molar-refractivity contribution in [2.75, 3.05) is 18.5 Å². The molecule has 0 radical (unpaired) electrons. The number of aromatic amines is 1. The van der Waals surface area contributed by atoms with Crippen molar-refractivity contribution in [1.82, 2.24) is 20.5 Å². The molecule has 1 aliphatic heterocycles. The first-order chi connectivity index (χ1) is 13.6. The summed E-state index contributed by atoms with van der Waals surface area (Å²) in [7, 11) is 0. The molecule has 4 rings (SSSR count). The minimum absolute atomic E-state index is 0.0427. The fraction of sp³-hybridized carbons (Fsp3) is 0.381. The maximum atomic E-state index is 13.0. The SMILES string of the molecule is CC(C)Nc1c(C(=O)NC2CCCOC2)cnc2ccc(-c3cn[nH]c3)cc12. The second kappa shape index (κ2) is 7.98. The van der Waals surface area contributed by atoms with Gasteiger partial charge in [0.2, 0.25) is 0 Å². The zero-order valence-corrected chi connectivity index (χ0v) is 16.2. The highest BCUT2D eigenvalue weighted by Gasteiger charge is 2.21. The molecule has 28 heavy (non-hydrogen) atoms. The van der Waals surface area contributed by atoms with E-state index in [4.69, 9.17) is 4.74 Å². The molecule has 7 nitrogen and oxygen atoms in total. The highest BCUT2D eigenvalue weighted by molar-refractivity contribution is 6.08. The van der Waals surface area contributed by atoms with E-state index in [-0.39, 0.29) is 18.0 Å². The minimum atomic E-state index is -0.123. The lowest BCUT2D eigenvalue weighted by molar-refractivity contribution is 0.0624. The number of nitrogens with one attached hydrogen (secondary N) is 3. The molecule has 0 saturated carbocycles. The quantitative estimate of drug-likeness (QED) is 0.632. The number of amides is 1. The van der Waals surface area contributed by atoms with Gasteiger partial charge < -0.3 is 15.4 Å². The number of nitrogens with zero attached hydrogens (tertiary/aromatic N) is 2. The van der Waals surface area contributed by atoms with Gasteiger partial charge in [0.1, 0.15) is 0 Å². The topological polar surface area (TPSA) is 91.9 Å². The maximum absolute atomic E-state index is 13.0. The Kier molecular flexibility index (Phi) is 5.25. The highest BCUT2D eigenvalue weighted by atomic mass is 16.5. The van der Waals surface area contributed by atoms with Crippen LogP contribution in [0.25, 0.3) is 22.0 Å². The maximum Gasteiger partial charge on any atom is 0.255 e. The van der Waals surface area contributed by atoms with Crippen LogP contribution in [0.5, 0.6) is 0 Å². The van der Waals surface area contributed by atoms with Gasteiger partial charge in [-0.2, -0.15) is 5.10 Å². The molecule has 1 atom stereocenters. The van der Waals surface area contributed by atoms with Crippen molar-refractivity contribution in [3.8, 4) is 11.1 Å². The number of fused-ring (bicyclic) bond motifs is 1. The molecule has 1 aromatic carbocycles. The molecule has 2 aromatic heterocycles. The molecule has 3 aromatic rings. The molecule has 3 N–H and O–H groups in total. The van der Waals surface area contributed by atoms with Crippen molar-refractivity contribution >= 4 is 22.5 Å². The molecule has 1 unspecified atom stereocenters. The smallest absolute Gasteiger partial charge is 0.255 e. The lowest BCUT2D eigenvalue weighted by Gasteiger charge is -2.24. The van der Waals surface area contributed by atoms with E-state index >= 15 is 0 Å². The van der Waals surface area contributed by atoms with Gasteiger partial charge in [-0.3, -0.25) is 14.9 Å². The average Bonchev–Trinajstić information content (AvgIpc) is 3.23. The number of hydrogen-bond donors (Lipinski definition) is 3. The largest absolute Gasteiger partial charge is 0.382 e. The Morgan fingerprint density at radius 1 is 1.29 bits per heavy atom. The molecular weight excluding hydrogens is 354 g/mol. The van der Waals surface area contributed by atoms with Crippen LogP contribution < -0.4 is 10.6 Å². The summed E-state index contributed by atoms with van der Waals surface area (Å²) in [6.45, 7) is 5.44. The fourth-order valence-electron chi connectivity index (χ4n) is 3.51. The van der Waals surface area contributed by atoms with Gasteiger partial charge in [-0.15, -0.1) is 0 Å². The normalized spacial score (nSPS) is 17.0. The van der Waals surface area contributed by atoms with Crippen molar-refractivity contribution in [2.24, 2.45) is 0 Å². The summed E-state index contributed by atoms with van der Waals surface area (Å²) in [5.74, 6) is -0.123. The number of hydrogen-bond acceptors (Lipinski definition) is 5. The Bertz CT molecular complexity index is 962. The van der Waals surface area contributed by atoms with Gasteiger partial charge in [0.05, 0.1) is 35.6 Å². The number of benzene rings is 1. The molecule has 1 fully saturated rings. The molecule has 0 spiro atoms. The molecule has 0 aliphatic carbocycles. The summed E-state index contributed by atoms with van der Waals surface area (Å²) in [4.78, 5) is 17.5. The molecule has 7 heteroatoms. The zero-order chi connectivity index (χ0) is 19.5. The highest BCUT2D eigenvalue weighted by Crippen LogP contribution is 2.31. The van der Waals surface area contributed by atoms with Gasteiger partial charge in [0, 0.05) is 36.0 Å². The first-order valence-corrected chi connectivity index (χ1v) is 9.69. The Morgan fingerprint density at radius 3 is 2.89 bits per heavy atom. The van der Waals surface area contributed by atoms with E-state index in [2.05, 4.69) is 45.7 Å². The number of carbonyl (C=O) groups excluding carboxylic acids is 1. The van der Waals surface area contributed by atoms with Crippen molar-refractivity contribution in [2.45, 2.75) is 38.8 Å². The van der Waals surface area contributed by atoms with Crippen LogP contribution >= 0.6 is 0 Å². The summed E-state index contributed by atoms with van der Waals surface area (Å²) < 4.78 is 5.49. The van der Waals surface area contributed by atoms with Crippen molar-refractivity contribution < 1.29 is 9.53 Å². The predicted octanol–water partition coefficient (Wildman–Crippen LogP) is 3.35. The fourth-order valence-corrected chi connectivity index (χ4v) is 3.51. The summed E-state index contributed by atoms with van der Waals surface area (Å²) in [5, 5.41) is 14.3. The van der Waals surface area contributed by atoms with Crippen molar-refractivity contribution in [3.05, 3.63) is 42.4 Å². The Labute approximate surface area is 163 Å². The molecule has 3 heterocycles. The van der Waals surface area contributed by atoms with Crippen LogP contribution in [0, 0.1) is 0 Å². The van der Waals surface area contributed by atoms with E-state index in [9.17, 15) is 4.79 Å². The van der Waals surface area contributed by atoms with Crippen molar-refractivity contribution in [3.63, 3.8) is 0 Å². The Balaban J connectivity index is 1.75. The Morgan fingerprint density at radius 2 is 2.18 bits per heavy atom. The first kappa shape index (κ1) is 18.4. The number of ether oxygens (including phenoxy) is 1. The van der Waals surface area contributed by atoms with Crippen molar-refractivity contribution in [1.29, 1.82) is 0 Å². The number of carbonyl (C=O) groups is 1. The van der Waals surface area contributed by atoms with Gasteiger partial charge >= 0.3 is 0 Å². The van der Waals surface area contributed by atoms with Gasteiger partial charge in [0.15, 0.2) is 0 Å². The van der Waals surface area contributed by atoms with Gasteiger partial charge in [-0.1, -0.05) is 6.07 Å². The van der Waals surface area contributed by atoms with Gasteiger partial charge in [0.25, 0.3) is 5.91 Å². The molecule has 1 aliphatic rings. The van der Waals surface area contributed by atoms with Gasteiger partial charge in [-0.25, -0.2) is 0 Å². The lowest BCUT2D eigenvalue weighted by Crippen LogP contribution is -2.41. The van der Waals surface area contributed by atoms with E-state index in [1.807, 2.05) is 18.3 Å². The second-order valence-electron chi connectivity index (χ2n) is 7.45. The van der Waals surface area contributed by atoms with E-state index in [1.165, 1.54) is 0 Å². The molecule has 0 bridgehead atoms. The first-order valence-electron chi connectivity index (χ1n) is 9.69. The monoisotopic (exact) mass is 379 g/mol. The molecular formula is C21H25N5O2. The molecule has 146 valence electrons. The van der Waals surface area contributed by atoms with Crippen LogP contribution in [-0.2, 0) is 4.74 Å². The number of pyridine rings is 1. The average molecular weight is 379 g/mol. The molecule has 1 saturated heterocycles. The lowest BCUT2D eigenvalue weighted by atomic mass is 10.0. The standard InChI is InChI=1S/C21H25N5O2/c1-13(2)25-20-17-8-14(15-9-23-24-10-15)5-6-19(17)22-11-18(20)21(27)26-16-4-3-7-28-12-16/h5-6,8-11,13,16H,3-4,7,12H2,1-2H3,(H,22,25)(H,23,24)(H,26,27). The van der Waals surface area contributed by atoms with E-state index in [0.29, 0.717) is 12.2 Å². The summed E-state index contributed by atoms with van der Waals surface area (Å²) in [6.07, 6.45) is 7.19. The third-order valence-electron chi connectivity index (χ3n) is 4.87. The van der Waals surface area contributed by atoms with Crippen LogP contribution in [0.4, 0.5) is 5.69 Å². The number of rotatable bonds is 5. The Hall–Kier alpha value is -2.93. The third kappa shape index (κ3) is 3.84. The third-order valence-corrected chi connectivity index (χ3v) is 4.87. The van der Waals surface area contributed by atoms with Crippen LogP contribution in [0.1, 0.15) is 37.0 Å². The van der Waals surface area contributed by atoms with Crippen LogP contribution in [0.3, 0.4) is 0 Å². The number of aromatic nitrogens is 3. The minimum Gasteiger partial charge on any atom is -0.382 e. The summed E-state index contributed by atoms with van der Waals surface area (Å²) in [6, 6.07) is 6.25. The second-order valence-corrected chi connectivity index (χ2v) is 7.45. The van der Waals surface area contributed by atoms with E-state index in [1.54, 1.807) is 12.4 Å². The summed E-state index contributed by atoms with van der Waals surface area (Å²) >= 11 is 0. The van der Waals surface area contributed by atoms with Gasteiger partial charge in [-0.05, 0) is 44.4 Å². The summed E-state index contributed by atoms with van der Waals surface area (Å²) in [5.41, 5.74) is 4.21. The number of anilines is 1. The van der Waals surface area contributed by atoms with Crippen LogP contribution in [-0.4, -0.2) is 46.4 Å². The van der Waals surface area contributed by atoms with Crippen LogP contribution in [0.15, 0.2) is 36.8 Å². The van der Waals surface area contributed by atoms with E-state index < -0.39 is 0 Å². The number of H-pyrrole nitrogens is 1. The molecule has 1 amide bonds. The predicted molar refractivity (Wildman–Crippen MR) is 109 cm³/mol.